The van der Waals surface area contributed by atoms with Gasteiger partial charge < -0.3 is 15.5 Å². The number of hydrogen-bond acceptors (Lipinski definition) is 3. The van der Waals surface area contributed by atoms with Crippen molar-refractivity contribution in [2.45, 2.75) is 31.4 Å². The fraction of sp³-hybridized carbons (Fsp3) is 0.538. The van der Waals surface area contributed by atoms with Gasteiger partial charge in [-0.05, 0) is 37.4 Å². The molecule has 1 aromatic carbocycles. The monoisotopic (exact) mass is 221 g/mol. The van der Waals surface area contributed by atoms with Crippen molar-refractivity contribution in [2.24, 2.45) is 0 Å². The van der Waals surface area contributed by atoms with Gasteiger partial charge in [-0.2, -0.15) is 0 Å². The Morgan fingerprint density at radius 3 is 2.94 bits per heavy atom. The number of nitrogens with one attached hydrogen (secondary N) is 1. The van der Waals surface area contributed by atoms with Gasteiger partial charge in [-0.15, -0.1) is 0 Å². The number of rotatable bonds is 3. The predicted octanol–water partition coefficient (Wildman–Crippen LogP) is 1.31. The summed E-state index contributed by atoms with van der Waals surface area (Å²) >= 11 is 0. The van der Waals surface area contributed by atoms with E-state index < -0.39 is 6.10 Å². The molecule has 0 saturated carbocycles. The van der Waals surface area contributed by atoms with Gasteiger partial charge in [0.05, 0.1) is 6.61 Å². The first kappa shape index (κ1) is 11.6. The first-order valence-electron chi connectivity index (χ1n) is 5.80. The van der Waals surface area contributed by atoms with Crippen LogP contribution < -0.4 is 5.32 Å². The molecule has 0 amide bonds. The van der Waals surface area contributed by atoms with Crippen LogP contribution in [0.15, 0.2) is 24.3 Å². The molecule has 1 heterocycles. The molecule has 2 rings (SSSR count). The normalized spacial score (nSPS) is 26.9. The van der Waals surface area contributed by atoms with E-state index in [1.807, 2.05) is 18.2 Å². The van der Waals surface area contributed by atoms with Crippen LogP contribution in [0.5, 0.6) is 0 Å². The van der Waals surface area contributed by atoms with Crippen LogP contribution in [0.1, 0.15) is 37.0 Å². The molecular formula is C13H19NO2. The summed E-state index contributed by atoms with van der Waals surface area (Å²) in [5.41, 5.74) is 2.00. The van der Waals surface area contributed by atoms with Gasteiger partial charge in [0, 0.05) is 5.54 Å². The number of hydrogen-bond donors (Lipinski definition) is 3. The lowest BCUT2D eigenvalue weighted by molar-refractivity contribution is 0.0954. The van der Waals surface area contributed by atoms with Crippen LogP contribution >= 0.6 is 0 Å². The van der Waals surface area contributed by atoms with Gasteiger partial charge in [0.2, 0.25) is 0 Å². The molecule has 0 aromatic heterocycles. The summed E-state index contributed by atoms with van der Waals surface area (Å²) in [5.74, 6) is 0. The lowest BCUT2D eigenvalue weighted by Crippen LogP contribution is -2.33. The predicted molar refractivity (Wildman–Crippen MR) is 63.1 cm³/mol. The van der Waals surface area contributed by atoms with Crippen LogP contribution in [0, 0.1) is 0 Å². The molecule has 3 heteroatoms. The fourth-order valence-corrected chi connectivity index (χ4v) is 2.34. The SMILES string of the molecule is CC1(c2cccc(C(O)CO)c2)CCCN1. The van der Waals surface area contributed by atoms with E-state index in [1.54, 1.807) is 0 Å². The van der Waals surface area contributed by atoms with Crippen molar-refractivity contribution in [1.29, 1.82) is 0 Å². The molecule has 2 unspecified atom stereocenters. The molecule has 2 atom stereocenters. The summed E-state index contributed by atoms with van der Waals surface area (Å²) < 4.78 is 0. The molecule has 1 fully saturated rings. The van der Waals surface area contributed by atoms with Crippen molar-refractivity contribution in [1.82, 2.24) is 5.32 Å². The Hall–Kier alpha value is -0.900. The minimum absolute atomic E-state index is 0.0190. The Morgan fingerprint density at radius 1 is 1.50 bits per heavy atom. The zero-order valence-electron chi connectivity index (χ0n) is 9.61. The van der Waals surface area contributed by atoms with Gasteiger partial charge in [-0.1, -0.05) is 24.3 Å². The van der Waals surface area contributed by atoms with Crippen molar-refractivity contribution < 1.29 is 10.2 Å². The minimum atomic E-state index is -0.773. The maximum absolute atomic E-state index is 9.61. The van der Waals surface area contributed by atoms with Crippen LogP contribution in [0.2, 0.25) is 0 Å². The van der Waals surface area contributed by atoms with Crippen LogP contribution in [-0.2, 0) is 5.54 Å². The summed E-state index contributed by atoms with van der Waals surface area (Å²) in [6, 6.07) is 7.85. The third-order valence-corrected chi connectivity index (χ3v) is 3.45. The quantitative estimate of drug-likeness (QED) is 0.721. The Bertz CT molecular complexity index is 359. The van der Waals surface area contributed by atoms with Crippen molar-refractivity contribution >= 4 is 0 Å². The highest BCUT2D eigenvalue weighted by molar-refractivity contribution is 5.31. The number of aliphatic hydroxyl groups is 2. The largest absolute Gasteiger partial charge is 0.393 e. The average Bonchev–Trinajstić information content (AvgIpc) is 2.77. The second kappa shape index (κ2) is 4.53. The van der Waals surface area contributed by atoms with Crippen molar-refractivity contribution in [3.05, 3.63) is 35.4 Å². The van der Waals surface area contributed by atoms with E-state index in [2.05, 4.69) is 18.3 Å². The topological polar surface area (TPSA) is 52.5 Å². The Balaban J connectivity index is 2.28. The molecule has 0 aliphatic carbocycles. The molecule has 1 aromatic rings. The van der Waals surface area contributed by atoms with Gasteiger partial charge in [0.1, 0.15) is 6.10 Å². The van der Waals surface area contributed by atoms with E-state index in [-0.39, 0.29) is 12.1 Å². The first-order valence-corrected chi connectivity index (χ1v) is 5.80. The van der Waals surface area contributed by atoms with Crippen molar-refractivity contribution in [3.63, 3.8) is 0 Å². The van der Waals surface area contributed by atoms with Crippen molar-refractivity contribution in [2.75, 3.05) is 13.2 Å². The molecule has 3 nitrogen and oxygen atoms in total. The fourth-order valence-electron chi connectivity index (χ4n) is 2.34. The molecule has 1 aliphatic heterocycles. The zero-order chi connectivity index (χ0) is 11.6. The van der Waals surface area contributed by atoms with E-state index in [4.69, 9.17) is 5.11 Å². The van der Waals surface area contributed by atoms with Crippen molar-refractivity contribution in [3.8, 4) is 0 Å². The van der Waals surface area contributed by atoms with E-state index in [0.29, 0.717) is 0 Å². The highest BCUT2D eigenvalue weighted by atomic mass is 16.3. The molecular weight excluding hydrogens is 202 g/mol. The Labute approximate surface area is 96.1 Å². The maximum Gasteiger partial charge on any atom is 0.102 e. The molecule has 88 valence electrons. The maximum atomic E-state index is 9.61. The minimum Gasteiger partial charge on any atom is -0.393 e. The molecule has 16 heavy (non-hydrogen) atoms. The second-order valence-electron chi connectivity index (χ2n) is 4.69. The Kier molecular flexibility index (Phi) is 3.28. The number of benzene rings is 1. The summed E-state index contributed by atoms with van der Waals surface area (Å²) in [5, 5.41) is 22.0. The first-order chi connectivity index (χ1) is 7.65. The molecule has 0 spiro atoms. The zero-order valence-corrected chi connectivity index (χ0v) is 9.61. The third kappa shape index (κ3) is 2.12. The summed E-state index contributed by atoms with van der Waals surface area (Å²) in [6.45, 7) is 3.00. The van der Waals surface area contributed by atoms with Crippen LogP contribution in [0.4, 0.5) is 0 Å². The van der Waals surface area contributed by atoms with Gasteiger partial charge in [-0.25, -0.2) is 0 Å². The van der Waals surface area contributed by atoms with Gasteiger partial charge >= 0.3 is 0 Å². The lowest BCUT2D eigenvalue weighted by atomic mass is 9.89. The van der Waals surface area contributed by atoms with E-state index in [1.165, 1.54) is 12.0 Å². The molecule has 1 saturated heterocycles. The molecule has 0 bridgehead atoms. The lowest BCUT2D eigenvalue weighted by Gasteiger charge is -2.26. The van der Waals surface area contributed by atoms with Crippen LogP contribution in [0.3, 0.4) is 0 Å². The van der Waals surface area contributed by atoms with E-state index in [0.717, 1.165) is 18.5 Å². The van der Waals surface area contributed by atoms with E-state index >= 15 is 0 Å². The molecule has 1 aliphatic rings. The third-order valence-electron chi connectivity index (χ3n) is 3.45. The summed E-state index contributed by atoms with van der Waals surface area (Å²) in [4.78, 5) is 0. The van der Waals surface area contributed by atoms with Crippen LogP contribution in [-0.4, -0.2) is 23.4 Å². The average molecular weight is 221 g/mol. The van der Waals surface area contributed by atoms with Crippen LogP contribution in [0.25, 0.3) is 0 Å². The highest BCUT2D eigenvalue weighted by Crippen LogP contribution is 2.31. The van der Waals surface area contributed by atoms with Gasteiger partial charge in [-0.3, -0.25) is 0 Å². The standard InChI is InChI=1S/C13H19NO2/c1-13(6-3-7-14-13)11-5-2-4-10(8-11)12(16)9-15/h2,4-5,8,12,14-16H,3,6-7,9H2,1H3. The smallest absolute Gasteiger partial charge is 0.102 e. The summed E-state index contributed by atoms with van der Waals surface area (Å²) in [7, 11) is 0. The van der Waals surface area contributed by atoms with Gasteiger partial charge in [0.15, 0.2) is 0 Å². The molecule has 3 N–H and O–H groups in total. The number of aliphatic hydroxyl groups excluding tert-OH is 2. The second-order valence-corrected chi connectivity index (χ2v) is 4.69. The highest BCUT2D eigenvalue weighted by Gasteiger charge is 2.30. The van der Waals surface area contributed by atoms with E-state index in [9.17, 15) is 5.11 Å². The van der Waals surface area contributed by atoms with Gasteiger partial charge in [0.25, 0.3) is 0 Å². The molecule has 0 radical (unpaired) electrons. The summed E-state index contributed by atoms with van der Waals surface area (Å²) in [6.07, 6.45) is 1.53. The Morgan fingerprint density at radius 2 is 2.31 bits per heavy atom.